The highest BCUT2D eigenvalue weighted by molar-refractivity contribution is 7.89. The van der Waals surface area contributed by atoms with Crippen LogP contribution in [0.4, 0.5) is 4.39 Å². The van der Waals surface area contributed by atoms with Gasteiger partial charge in [0.1, 0.15) is 5.82 Å². The molecule has 6 nitrogen and oxygen atoms in total. The van der Waals surface area contributed by atoms with Crippen LogP contribution in [0.3, 0.4) is 0 Å². The van der Waals surface area contributed by atoms with Crippen molar-refractivity contribution in [3.63, 3.8) is 0 Å². The third-order valence-electron chi connectivity index (χ3n) is 2.82. The van der Waals surface area contributed by atoms with Crippen LogP contribution in [0.15, 0.2) is 58.3 Å². The van der Waals surface area contributed by atoms with Crippen molar-refractivity contribution in [2.45, 2.75) is 16.3 Å². The van der Waals surface area contributed by atoms with Crippen molar-refractivity contribution in [1.29, 1.82) is 0 Å². The molecule has 0 atom stereocenters. The Kier molecular flexibility index (Phi) is 4.61. The summed E-state index contributed by atoms with van der Waals surface area (Å²) in [6.07, 6.45) is 0. The van der Waals surface area contributed by atoms with Gasteiger partial charge in [0, 0.05) is 6.54 Å². The van der Waals surface area contributed by atoms with Crippen molar-refractivity contribution >= 4 is 20.0 Å². The van der Waals surface area contributed by atoms with E-state index in [0.717, 1.165) is 12.1 Å². The van der Waals surface area contributed by atoms with Crippen molar-refractivity contribution in [3.05, 3.63) is 59.9 Å². The normalized spacial score (nSPS) is 12.3. The summed E-state index contributed by atoms with van der Waals surface area (Å²) in [6.45, 7) is -0.0657. The highest BCUT2D eigenvalue weighted by Gasteiger charge is 2.14. The molecule has 3 N–H and O–H groups in total. The van der Waals surface area contributed by atoms with Crippen LogP contribution in [0.5, 0.6) is 0 Å². The van der Waals surface area contributed by atoms with Crippen LogP contribution < -0.4 is 9.86 Å². The Hall–Kier alpha value is -1.81. The fraction of sp³-hybridized carbons (Fsp3) is 0.0769. The number of halogens is 1. The van der Waals surface area contributed by atoms with Crippen LogP contribution in [0, 0.1) is 5.82 Å². The summed E-state index contributed by atoms with van der Waals surface area (Å²) in [5, 5.41) is 4.97. The molecule has 0 fully saturated rings. The molecule has 0 aromatic heterocycles. The largest absolute Gasteiger partial charge is 0.240 e. The molecule has 0 unspecified atom stereocenters. The highest BCUT2D eigenvalue weighted by atomic mass is 32.2. The molecule has 0 spiro atoms. The zero-order valence-corrected chi connectivity index (χ0v) is 12.9. The Morgan fingerprint density at radius 1 is 0.955 bits per heavy atom. The summed E-state index contributed by atoms with van der Waals surface area (Å²) in [4.78, 5) is -0.252. The van der Waals surface area contributed by atoms with Crippen LogP contribution in [-0.2, 0) is 26.6 Å². The second-order valence-corrected chi connectivity index (χ2v) is 7.80. The number of hydrogen-bond donors (Lipinski definition) is 2. The fourth-order valence-corrected chi connectivity index (χ4v) is 3.26. The second kappa shape index (κ2) is 6.13. The molecule has 0 aliphatic rings. The lowest BCUT2D eigenvalue weighted by atomic mass is 10.2. The number of nitrogens with two attached hydrogens (primary N) is 1. The average molecular weight is 344 g/mol. The van der Waals surface area contributed by atoms with Gasteiger partial charge in [-0.05, 0) is 35.9 Å². The first-order chi connectivity index (χ1) is 10.2. The summed E-state index contributed by atoms with van der Waals surface area (Å²) < 4.78 is 61.6. The van der Waals surface area contributed by atoms with Gasteiger partial charge in [0.05, 0.1) is 9.79 Å². The van der Waals surface area contributed by atoms with E-state index in [9.17, 15) is 21.2 Å². The lowest BCUT2D eigenvalue weighted by molar-refractivity contribution is 0.577. The monoisotopic (exact) mass is 344 g/mol. The maximum Gasteiger partial charge on any atom is 0.240 e. The molecule has 2 rings (SSSR count). The number of rotatable bonds is 5. The fourth-order valence-electron chi connectivity index (χ4n) is 1.69. The summed E-state index contributed by atoms with van der Waals surface area (Å²) in [5.74, 6) is -0.652. The molecule has 0 saturated heterocycles. The standard InChI is InChI=1S/C13H13FN2O4S2/c14-11-2-1-3-13(8-11)22(19,20)16-9-10-4-6-12(7-5-10)21(15,17)18/h1-8,16H,9H2,(H2,15,17,18). The molecular weight excluding hydrogens is 331 g/mol. The van der Waals surface area contributed by atoms with E-state index in [-0.39, 0.29) is 16.3 Å². The lowest BCUT2D eigenvalue weighted by Crippen LogP contribution is -2.23. The molecule has 0 amide bonds. The third-order valence-corrected chi connectivity index (χ3v) is 5.15. The van der Waals surface area contributed by atoms with Crippen molar-refractivity contribution in [3.8, 4) is 0 Å². The van der Waals surface area contributed by atoms with E-state index in [1.54, 1.807) is 0 Å². The molecule has 0 aliphatic heterocycles. The number of benzene rings is 2. The minimum Gasteiger partial charge on any atom is -0.225 e. The molecule has 0 bridgehead atoms. The van der Waals surface area contributed by atoms with Crippen LogP contribution >= 0.6 is 0 Å². The predicted octanol–water partition coefficient (Wildman–Crippen LogP) is 0.952. The number of nitrogens with one attached hydrogen (secondary N) is 1. The van der Waals surface area contributed by atoms with Crippen molar-refractivity contribution in [2.24, 2.45) is 5.14 Å². The van der Waals surface area contributed by atoms with E-state index in [4.69, 9.17) is 5.14 Å². The van der Waals surface area contributed by atoms with Crippen molar-refractivity contribution < 1.29 is 21.2 Å². The zero-order valence-electron chi connectivity index (χ0n) is 11.2. The lowest BCUT2D eigenvalue weighted by Gasteiger charge is -2.07. The smallest absolute Gasteiger partial charge is 0.225 e. The van der Waals surface area contributed by atoms with E-state index < -0.39 is 25.9 Å². The summed E-state index contributed by atoms with van der Waals surface area (Å²) >= 11 is 0. The number of hydrogen-bond acceptors (Lipinski definition) is 4. The Balaban J connectivity index is 2.12. The minimum absolute atomic E-state index is 0.0655. The first-order valence-corrected chi connectivity index (χ1v) is 9.08. The van der Waals surface area contributed by atoms with Crippen molar-refractivity contribution in [1.82, 2.24) is 4.72 Å². The van der Waals surface area contributed by atoms with Gasteiger partial charge in [-0.1, -0.05) is 18.2 Å². The number of primary sulfonamides is 1. The Morgan fingerprint density at radius 3 is 2.14 bits per heavy atom. The van der Waals surface area contributed by atoms with Crippen LogP contribution in [0.2, 0.25) is 0 Å². The highest BCUT2D eigenvalue weighted by Crippen LogP contribution is 2.12. The Labute approximate surface area is 127 Å². The van der Waals surface area contributed by atoms with Crippen LogP contribution in [0.1, 0.15) is 5.56 Å². The van der Waals surface area contributed by atoms with Crippen LogP contribution in [-0.4, -0.2) is 16.8 Å². The SMILES string of the molecule is NS(=O)(=O)c1ccc(CNS(=O)(=O)c2cccc(F)c2)cc1. The average Bonchev–Trinajstić information content (AvgIpc) is 2.45. The van der Waals surface area contributed by atoms with Crippen molar-refractivity contribution in [2.75, 3.05) is 0 Å². The number of sulfonamides is 2. The van der Waals surface area contributed by atoms with Gasteiger partial charge in [-0.2, -0.15) is 0 Å². The maximum absolute atomic E-state index is 13.1. The Bertz CT molecular complexity index is 879. The first kappa shape index (κ1) is 16.6. The summed E-state index contributed by atoms with van der Waals surface area (Å²) in [6, 6.07) is 10.1. The molecule has 9 heteroatoms. The van der Waals surface area contributed by atoms with E-state index in [1.165, 1.54) is 36.4 Å². The van der Waals surface area contributed by atoms with Gasteiger partial charge in [-0.15, -0.1) is 0 Å². The van der Waals surface area contributed by atoms with Gasteiger partial charge >= 0.3 is 0 Å². The maximum atomic E-state index is 13.1. The molecule has 2 aromatic rings. The van der Waals surface area contributed by atoms with Gasteiger partial charge in [0.2, 0.25) is 20.0 Å². The molecule has 0 radical (unpaired) electrons. The van der Waals surface area contributed by atoms with E-state index >= 15 is 0 Å². The summed E-state index contributed by atoms with van der Waals surface area (Å²) in [5.41, 5.74) is 0.535. The van der Waals surface area contributed by atoms with Gasteiger partial charge in [0.25, 0.3) is 0 Å². The molecule has 0 heterocycles. The van der Waals surface area contributed by atoms with Crippen LogP contribution in [0.25, 0.3) is 0 Å². The molecule has 118 valence electrons. The molecule has 22 heavy (non-hydrogen) atoms. The van der Waals surface area contributed by atoms with E-state index in [1.807, 2.05) is 0 Å². The molecule has 0 aliphatic carbocycles. The molecule has 0 saturated carbocycles. The van der Waals surface area contributed by atoms with E-state index in [2.05, 4.69) is 4.72 Å². The van der Waals surface area contributed by atoms with Gasteiger partial charge in [-0.25, -0.2) is 31.1 Å². The predicted molar refractivity (Wildman–Crippen MR) is 78.2 cm³/mol. The third kappa shape index (κ3) is 4.10. The minimum atomic E-state index is -3.85. The van der Waals surface area contributed by atoms with E-state index in [0.29, 0.717) is 5.56 Å². The molecular formula is C13H13FN2O4S2. The first-order valence-electron chi connectivity index (χ1n) is 6.05. The Morgan fingerprint density at radius 2 is 1.59 bits per heavy atom. The van der Waals surface area contributed by atoms with Gasteiger partial charge in [0.15, 0.2) is 0 Å². The zero-order chi connectivity index (χ0) is 16.4. The topological polar surface area (TPSA) is 106 Å². The van der Waals surface area contributed by atoms with Gasteiger partial charge < -0.3 is 0 Å². The van der Waals surface area contributed by atoms with Gasteiger partial charge in [-0.3, -0.25) is 0 Å². The molecule has 2 aromatic carbocycles. The second-order valence-electron chi connectivity index (χ2n) is 4.47. The quantitative estimate of drug-likeness (QED) is 0.842. The summed E-state index contributed by atoms with van der Waals surface area (Å²) in [7, 11) is -7.64.